The molecule has 66 heavy (non-hydrogen) atoms. The second-order valence-corrected chi connectivity index (χ2v) is 17.2. The Kier molecular flexibility index (Phi) is 9.81. The lowest BCUT2D eigenvalue weighted by molar-refractivity contribution is 0.768. The predicted octanol–water partition coefficient (Wildman–Crippen LogP) is 17.3. The second-order valence-electron chi connectivity index (χ2n) is 17.2. The maximum absolute atomic E-state index is 2.47. The Morgan fingerprint density at radius 1 is 0.242 bits per heavy atom. The van der Waals surface area contributed by atoms with E-state index in [-0.39, 0.29) is 0 Å². The summed E-state index contributed by atoms with van der Waals surface area (Å²) in [5.74, 6) is 0. The highest BCUT2D eigenvalue weighted by Crippen LogP contribution is 2.58. The van der Waals surface area contributed by atoms with E-state index in [4.69, 9.17) is 0 Å². The molecule has 0 amide bonds. The lowest BCUT2D eigenvalue weighted by Gasteiger charge is -2.35. The van der Waals surface area contributed by atoms with Gasteiger partial charge < -0.3 is 4.90 Å². The van der Waals surface area contributed by atoms with Gasteiger partial charge in [-0.15, -0.1) is 0 Å². The summed E-state index contributed by atoms with van der Waals surface area (Å²) < 4.78 is 0. The van der Waals surface area contributed by atoms with Crippen LogP contribution in [0.15, 0.2) is 273 Å². The second kappa shape index (κ2) is 16.6. The van der Waals surface area contributed by atoms with E-state index < -0.39 is 5.41 Å². The minimum Gasteiger partial charge on any atom is -0.310 e. The number of anilines is 3. The van der Waals surface area contributed by atoms with Crippen LogP contribution in [0.1, 0.15) is 22.3 Å². The summed E-state index contributed by atoms with van der Waals surface area (Å²) in [6.45, 7) is 0. The molecule has 0 aromatic heterocycles. The fourth-order valence-corrected chi connectivity index (χ4v) is 10.5. The Hall–Kier alpha value is -8.52. The zero-order valence-corrected chi connectivity index (χ0v) is 36.4. The standard InChI is InChI=1S/C65H45N/c1-5-17-46(18-6-1)48-31-36-56(37-32-48)66(57-38-33-49(34-39-57)47-19-7-2-8-20-47)58-40-42-62-61-41-35-52(51-23-15-24-53(43-51)60-30-16-22-50-21-13-14-29-59(50)60)44-63(61)65(64(62)45-58,54-25-9-3-10-26-54)55-27-11-4-12-28-55/h1-45H. The van der Waals surface area contributed by atoms with Crippen molar-refractivity contribution in [1.29, 1.82) is 0 Å². The Labute approximate surface area is 387 Å². The predicted molar refractivity (Wildman–Crippen MR) is 278 cm³/mol. The molecule has 1 heteroatoms. The van der Waals surface area contributed by atoms with Crippen molar-refractivity contribution >= 4 is 27.8 Å². The molecule has 1 nitrogen and oxygen atoms in total. The van der Waals surface area contributed by atoms with E-state index in [0.29, 0.717) is 0 Å². The summed E-state index contributed by atoms with van der Waals surface area (Å²) in [6.07, 6.45) is 0. The van der Waals surface area contributed by atoms with Crippen molar-refractivity contribution in [2.75, 3.05) is 4.90 Å². The largest absolute Gasteiger partial charge is 0.310 e. The minimum atomic E-state index is -0.605. The van der Waals surface area contributed by atoms with E-state index in [0.717, 1.165) is 17.1 Å². The first-order valence-corrected chi connectivity index (χ1v) is 22.8. The summed E-state index contributed by atoms with van der Waals surface area (Å²) >= 11 is 0. The molecule has 310 valence electrons. The van der Waals surface area contributed by atoms with Crippen LogP contribution in [-0.4, -0.2) is 0 Å². The quantitative estimate of drug-likeness (QED) is 0.140. The molecule has 0 N–H and O–H groups in total. The van der Waals surface area contributed by atoms with Crippen LogP contribution in [0.4, 0.5) is 17.1 Å². The van der Waals surface area contributed by atoms with Gasteiger partial charge in [-0.25, -0.2) is 0 Å². The average molecular weight is 840 g/mol. The van der Waals surface area contributed by atoms with Crippen molar-refractivity contribution < 1.29 is 0 Å². The average Bonchev–Trinajstić information content (AvgIpc) is 3.70. The molecule has 0 radical (unpaired) electrons. The third kappa shape index (κ3) is 6.73. The van der Waals surface area contributed by atoms with Gasteiger partial charge in [-0.3, -0.25) is 0 Å². The first-order chi connectivity index (χ1) is 32.7. The van der Waals surface area contributed by atoms with E-state index in [1.165, 1.54) is 88.7 Å². The summed E-state index contributed by atoms with van der Waals surface area (Å²) in [7, 11) is 0. The van der Waals surface area contributed by atoms with Gasteiger partial charge in [0.15, 0.2) is 0 Å². The van der Waals surface area contributed by atoms with Gasteiger partial charge in [0, 0.05) is 17.1 Å². The van der Waals surface area contributed by atoms with Gasteiger partial charge in [0.1, 0.15) is 0 Å². The maximum Gasteiger partial charge on any atom is 0.0714 e. The van der Waals surface area contributed by atoms with Crippen LogP contribution in [0, 0.1) is 0 Å². The molecule has 0 saturated heterocycles. The van der Waals surface area contributed by atoms with Crippen LogP contribution in [-0.2, 0) is 5.41 Å². The molecule has 0 bridgehead atoms. The molecule has 0 aliphatic heterocycles. The Morgan fingerprint density at radius 3 is 1.26 bits per heavy atom. The lowest BCUT2D eigenvalue weighted by Crippen LogP contribution is -2.28. The highest BCUT2D eigenvalue weighted by atomic mass is 15.1. The topological polar surface area (TPSA) is 3.24 Å². The van der Waals surface area contributed by atoms with Crippen molar-refractivity contribution in [3.05, 3.63) is 295 Å². The molecule has 0 spiro atoms. The molecule has 0 heterocycles. The van der Waals surface area contributed by atoms with Crippen LogP contribution < -0.4 is 4.90 Å². The van der Waals surface area contributed by atoms with Crippen LogP contribution in [0.25, 0.3) is 66.4 Å². The van der Waals surface area contributed by atoms with Crippen molar-refractivity contribution in [1.82, 2.24) is 0 Å². The van der Waals surface area contributed by atoms with E-state index in [1.54, 1.807) is 0 Å². The van der Waals surface area contributed by atoms with Gasteiger partial charge in [0.25, 0.3) is 0 Å². The summed E-state index contributed by atoms with van der Waals surface area (Å²) in [5.41, 5.74) is 19.8. The van der Waals surface area contributed by atoms with Crippen molar-refractivity contribution in [2.45, 2.75) is 5.41 Å². The number of hydrogen-bond donors (Lipinski definition) is 0. The number of fused-ring (bicyclic) bond motifs is 4. The van der Waals surface area contributed by atoms with Gasteiger partial charge in [-0.2, -0.15) is 0 Å². The maximum atomic E-state index is 2.47. The highest BCUT2D eigenvalue weighted by Gasteiger charge is 2.46. The normalized spacial score (nSPS) is 12.4. The molecule has 12 rings (SSSR count). The first-order valence-electron chi connectivity index (χ1n) is 22.8. The number of rotatable bonds is 9. The zero-order valence-electron chi connectivity index (χ0n) is 36.4. The number of nitrogens with zero attached hydrogens (tertiary/aromatic N) is 1. The Morgan fingerprint density at radius 2 is 0.652 bits per heavy atom. The van der Waals surface area contributed by atoms with E-state index in [9.17, 15) is 0 Å². The third-order valence-corrected chi connectivity index (χ3v) is 13.6. The van der Waals surface area contributed by atoms with Crippen LogP contribution >= 0.6 is 0 Å². The van der Waals surface area contributed by atoms with Crippen LogP contribution in [0.2, 0.25) is 0 Å². The number of hydrogen-bond acceptors (Lipinski definition) is 1. The highest BCUT2D eigenvalue weighted by molar-refractivity contribution is 5.98. The Balaban J connectivity index is 1.05. The van der Waals surface area contributed by atoms with Crippen molar-refractivity contribution in [3.8, 4) is 55.6 Å². The van der Waals surface area contributed by atoms with Crippen molar-refractivity contribution in [2.24, 2.45) is 0 Å². The van der Waals surface area contributed by atoms with Gasteiger partial charge in [-0.05, 0) is 137 Å². The molecular formula is C65H45N. The number of benzene rings is 11. The van der Waals surface area contributed by atoms with Gasteiger partial charge in [-0.1, -0.05) is 224 Å². The van der Waals surface area contributed by atoms with E-state index >= 15 is 0 Å². The van der Waals surface area contributed by atoms with Gasteiger partial charge in [0.05, 0.1) is 5.41 Å². The molecule has 1 aliphatic carbocycles. The molecule has 0 unspecified atom stereocenters. The first kappa shape index (κ1) is 39.1. The van der Waals surface area contributed by atoms with Crippen LogP contribution in [0.5, 0.6) is 0 Å². The lowest BCUT2D eigenvalue weighted by atomic mass is 9.67. The Bertz CT molecular complexity index is 3360. The summed E-state index contributed by atoms with van der Waals surface area (Å²) in [4.78, 5) is 2.41. The molecule has 1 aliphatic rings. The van der Waals surface area contributed by atoms with Crippen molar-refractivity contribution in [3.63, 3.8) is 0 Å². The summed E-state index contributed by atoms with van der Waals surface area (Å²) in [5, 5.41) is 2.51. The van der Waals surface area contributed by atoms with E-state index in [1.807, 2.05) is 0 Å². The molecule has 0 saturated carbocycles. The third-order valence-electron chi connectivity index (χ3n) is 13.6. The molecular weight excluding hydrogens is 795 g/mol. The minimum absolute atomic E-state index is 0.605. The molecule has 0 fully saturated rings. The SMILES string of the molecule is c1ccc(-c2ccc(N(c3ccc(-c4ccccc4)cc3)c3ccc4c(c3)C(c3ccccc3)(c3ccccc3)c3cc(-c5cccc(-c6cccc7ccccc67)c5)ccc3-4)cc2)cc1. The van der Waals surface area contributed by atoms with Crippen LogP contribution in [0.3, 0.4) is 0 Å². The zero-order chi connectivity index (χ0) is 43.9. The molecule has 11 aromatic rings. The smallest absolute Gasteiger partial charge is 0.0714 e. The van der Waals surface area contributed by atoms with E-state index in [2.05, 4.69) is 278 Å². The fraction of sp³-hybridized carbons (Fsp3) is 0.0154. The van der Waals surface area contributed by atoms with Gasteiger partial charge >= 0.3 is 0 Å². The fourth-order valence-electron chi connectivity index (χ4n) is 10.5. The molecule has 11 aromatic carbocycles. The monoisotopic (exact) mass is 839 g/mol. The van der Waals surface area contributed by atoms with Gasteiger partial charge in [0.2, 0.25) is 0 Å². The summed E-state index contributed by atoms with van der Waals surface area (Å²) in [6, 6.07) is 100. The molecule has 0 atom stereocenters.